The van der Waals surface area contributed by atoms with E-state index in [-0.39, 0.29) is 6.03 Å². The van der Waals surface area contributed by atoms with Gasteiger partial charge in [0, 0.05) is 13.1 Å². The Balaban J connectivity index is 1.62. The van der Waals surface area contributed by atoms with Crippen molar-refractivity contribution in [2.24, 2.45) is 0 Å². The highest BCUT2D eigenvalue weighted by molar-refractivity contribution is 5.73. The Hall–Kier alpha value is -2.89. The molecule has 0 spiro atoms. The van der Waals surface area contributed by atoms with Crippen LogP contribution in [0.4, 0.5) is 4.79 Å². The van der Waals surface area contributed by atoms with Crippen LogP contribution in [0.15, 0.2) is 42.5 Å². The lowest BCUT2D eigenvalue weighted by Crippen LogP contribution is -2.37. The van der Waals surface area contributed by atoms with Gasteiger partial charge in [-0.15, -0.1) is 0 Å². The predicted octanol–water partition coefficient (Wildman–Crippen LogP) is 4.10. The molecule has 0 radical (unpaired) electrons. The van der Waals surface area contributed by atoms with Crippen LogP contribution in [0.25, 0.3) is 0 Å². The minimum Gasteiger partial charge on any atom is -0.494 e. The Bertz CT molecular complexity index is 747. The van der Waals surface area contributed by atoms with E-state index in [1.165, 1.54) is 5.56 Å². The molecule has 6 heteroatoms. The van der Waals surface area contributed by atoms with Crippen LogP contribution in [0.2, 0.25) is 0 Å². The zero-order valence-corrected chi connectivity index (χ0v) is 17.6. The molecule has 2 rings (SSSR count). The average molecular weight is 401 g/mol. The zero-order chi connectivity index (χ0) is 20.9. The average Bonchev–Trinajstić information content (AvgIpc) is 2.71. The Kier molecular flexibility index (Phi) is 9.69. The molecule has 0 bridgehead atoms. The Morgan fingerprint density at radius 1 is 0.862 bits per heavy atom. The van der Waals surface area contributed by atoms with Gasteiger partial charge in [0.1, 0.15) is 5.75 Å². The quantitative estimate of drug-likeness (QED) is 0.526. The van der Waals surface area contributed by atoms with Crippen LogP contribution >= 0.6 is 0 Å². The second-order valence-corrected chi connectivity index (χ2v) is 6.59. The summed E-state index contributed by atoms with van der Waals surface area (Å²) in [7, 11) is 0. The number of urea groups is 1. The lowest BCUT2D eigenvalue weighted by atomic mass is 10.1. The van der Waals surface area contributed by atoms with E-state index in [0.29, 0.717) is 32.9 Å². The third-order valence-corrected chi connectivity index (χ3v) is 4.20. The summed E-state index contributed by atoms with van der Waals surface area (Å²) in [5, 5.41) is 5.72. The minimum absolute atomic E-state index is 0.170. The standard InChI is InChI=1S/C23H32N2O4/c1-4-27-21-12-9-19(17-22(21)28-5-2)13-15-25-23(26)24-14-6-16-29-20-10-7-18(3)8-11-20/h7-12,17H,4-6,13-16H2,1-3H3,(H2,24,25,26). The first-order valence-electron chi connectivity index (χ1n) is 10.2. The topological polar surface area (TPSA) is 68.8 Å². The van der Waals surface area contributed by atoms with Crippen molar-refractivity contribution in [2.75, 3.05) is 32.9 Å². The summed E-state index contributed by atoms with van der Waals surface area (Å²) in [5.41, 5.74) is 2.29. The molecule has 0 aliphatic heterocycles. The normalized spacial score (nSPS) is 10.3. The summed E-state index contributed by atoms with van der Waals surface area (Å²) in [6.45, 7) is 8.78. The third-order valence-electron chi connectivity index (χ3n) is 4.20. The van der Waals surface area contributed by atoms with Crippen molar-refractivity contribution in [1.82, 2.24) is 10.6 Å². The van der Waals surface area contributed by atoms with E-state index < -0.39 is 0 Å². The molecule has 2 N–H and O–H groups in total. The van der Waals surface area contributed by atoms with Crippen molar-refractivity contribution >= 4 is 6.03 Å². The van der Waals surface area contributed by atoms with Crippen LogP contribution < -0.4 is 24.8 Å². The minimum atomic E-state index is -0.170. The van der Waals surface area contributed by atoms with Gasteiger partial charge < -0.3 is 24.8 Å². The van der Waals surface area contributed by atoms with E-state index in [0.717, 1.165) is 35.7 Å². The van der Waals surface area contributed by atoms with Gasteiger partial charge in [0.15, 0.2) is 11.5 Å². The maximum atomic E-state index is 11.9. The van der Waals surface area contributed by atoms with Crippen LogP contribution in [0.5, 0.6) is 17.2 Å². The largest absolute Gasteiger partial charge is 0.494 e. The first-order valence-corrected chi connectivity index (χ1v) is 10.2. The number of carbonyl (C=O) groups excluding carboxylic acids is 1. The van der Waals surface area contributed by atoms with Gasteiger partial charge in [-0.25, -0.2) is 4.79 Å². The van der Waals surface area contributed by atoms with Gasteiger partial charge in [-0.1, -0.05) is 23.8 Å². The van der Waals surface area contributed by atoms with Gasteiger partial charge in [0.25, 0.3) is 0 Å². The number of hydrogen-bond acceptors (Lipinski definition) is 4. The third kappa shape index (κ3) is 8.34. The molecule has 2 aromatic rings. The van der Waals surface area contributed by atoms with Crippen molar-refractivity contribution in [3.63, 3.8) is 0 Å². The molecule has 0 saturated carbocycles. The predicted molar refractivity (Wildman–Crippen MR) is 115 cm³/mol. The van der Waals surface area contributed by atoms with Gasteiger partial charge >= 0.3 is 6.03 Å². The Morgan fingerprint density at radius 3 is 2.28 bits per heavy atom. The zero-order valence-electron chi connectivity index (χ0n) is 17.6. The highest BCUT2D eigenvalue weighted by Gasteiger charge is 2.07. The fourth-order valence-corrected chi connectivity index (χ4v) is 2.73. The van der Waals surface area contributed by atoms with E-state index in [9.17, 15) is 4.79 Å². The fraction of sp³-hybridized carbons (Fsp3) is 0.435. The lowest BCUT2D eigenvalue weighted by molar-refractivity contribution is 0.239. The highest BCUT2D eigenvalue weighted by atomic mass is 16.5. The molecule has 0 atom stereocenters. The van der Waals surface area contributed by atoms with Crippen molar-refractivity contribution in [3.05, 3.63) is 53.6 Å². The number of aryl methyl sites for hydroxylation is 1. The number of nitrogens with one attached hydrogen (secondary N) is 2. The van der Waals surface area contributed by atoms with E-state index in [1.807, 2.05) is 63.2 Å². The van der Waals surface area contributed by atoms with Crippen molar-refractivity contribution < 1.29 is 19.0 Å². The van der Waals surface area contributed by atoms with Gasteiger partial charge in [-0.2, -0.15) is 0 Å². The van der Waals surface area contributed by atoms with E-state index in [2.05, 4.69) is 10.6 Å². The summed E-state index contributed by atoms with van der Waals surface area (Å²) in [6, 6.07) is 13.6. The van der Waals surface area contributed by atoms with E-state index in [4.69, 9.17) is 14.2 Å². The summed E-state index contributed by atoms with van der Waals surface area (Å²) in [6.07, 6.45) is 1.47. The molecular weight excluding hydrogens is 368 g/mol. The molecule has 0 fully saturated rings. The Labute approximate surface area is 173 Å². The lowest BCUT2D eigenvalue weighted by Gasteiger charge is -2.13. The number of hydrogen-bond donors (Lipinski definition) is 2. The molecule has 0 aliphatic carbocycles. The van der Waals surface area contributed by atoms with Crippen molar-refractivity contribution in [3.8, 4) is 17.2 Å². The summed E-state index contributed by atoms with van der Waals surface area (Å²) in [4.78, 5) is 11.9. The molecule has 0 saturated heterocycles. The van der Waals surface area contributed by atoms with Crippen LogP contribution in [0.3, 0.4) is 0 Å². The molecule has 158 valence electrons. The molecule has 0 heterocycles. The number of amides is 2. The molecule has 2 aromatic carbocycles. The highest BCUT2D eigenvalue weighted by Crippen LogP contribution is 2.28. The van der Waals surface area contributed by atoms with Crippen LogP contribution in [-0.2, 0) is 6.42 Å². The number of benzene rings is 2. The van der Waals surface area contributed by atoms with Crippen LogP contribution in [0, 0.1) is 6.92 Å². The first kappa shape index (κ1) is 22.4. The molecule has 2 amide bonds. The van der Waals surface area contributed by atoms with E-state index >= 15 is 0 Å². The number of ether oxygens (including phenoxy) is 3. The van der Waals surface area contributed by atoms with Crippen LogP contribution in [-0.4, -0.2) is 38.9 Å². The monoisotopic (exact) mass is 400 g/mol. The molecule has 0 unspecified atom stereocenters. The van der Waals surface area contributed by atoms with Crippen LogP contribution in [0.1, 0.15) is 31.4 Å². The SMILES string of the molecule is CCOc1ccc(CCNC(=O)NCCCOc2ccc(C)cc2)cc1OCC. The maximum absolute atomic E-state index is 11.9. The molecular formula is C23H32N2O4. The number of carbonyl (C=O) groups is 1. The maximum Gasteiger partial charge on any atom is 0.314 e. The second-order valence-electron chi connectivity index (χ2n) is 6.59. The summed E-state index contributed by atoms with van der Waals surface area (Å²) in [5.74, 6) is 2.34. The van der Waals surface area contributed by atoms with Crippen molar-refractivity contribution in [2.45, 2.75) is 33.6 Å². The molecule has 6 nitrogen and oxygen atoms in total. The smallest absolute Gasteiger partial charge is 0.314 e. The van der Waals surface area contributed by atoms with Gasteiger partial charge in [0.05, 0.1) is 19.8 Å². The van der Waals surface area contributed by atoms with Gasteiger partial charge in [0.2, 0.25) is 0 Å². The first-order chi connectivity index (χ1) is 14.1. The van der Waals surface area contributed by atoms with Crippen molar-refractivity contribution in [1.29, 1.82) is 0 Å². The summed E-state index contributed by atoms with van der Waals surface area (Å²) < 4.78 is 16.9. The number of rotatable bonds is 12. The second kappa shape index (κ2) is 12.5. The molecule has 0 aromatic heterocycles. The van der Waals surface area contributed by atoms with Gasteiger partial charge in [-0.3, -0.25) is 0 Å². The Morgan fingerprint density at radius 2 is 1.55 bits per heavy atom. The molecule has 0 aliphatic rings. The molecule has 29 heavy (non-hydrogen) atoms. The van der Waals surface area contributed by atoms with E-state index in [1.54, 1.807) is 0 Å². The summed E-state index contributed by atoms with van der Waals surface area (Å²) >= 11 is 0. The fourth-order valence-electron chi connectivity index (χ4n) is 2.73. The van der Waals surface area contributed by atoms with Gasteiger partial charge in [-0.05, 0) is 63.4 Å².